The van der Waals surface area contributed by atoms with Crippen LogP contribution in [0.15, 0.2) is 54.5 Å². The molecule has 27 heavy (non-hydrogen) atoms. The number of nitrogens with zero attached hydrogens (tertiary/aromatic N) is 1. The van der Waals surface area contributed by atoms with Crippen LogP contribution in [0.3, 0.4) is 0 Å². The number of nitrogens with one attached hydrogen (secondary N) is 1. The van der Waals surface area contributed by atoms with E-state index in [1.807, 2.05) is 30.6 Å². The molecule has 1 aliphatic rings. The Kier molecular flexibility index (Phi) is 7.14. The van der Waals surface area contributed by atoms with Crippen molar-refractivity contribution in [3.05, 3.63) is 76.2 Å². The number of anilines is 1. The fourth-order valence-electron chi connectivity index (χ4n) is 2.48. The highest BCUT2D eigenvalue weighted by molar-refractivity contribution is 6.30. The van der Waals surface area contributed by atoms with Gasteiger partial charge in [0.05, 0.1) is 0 Å². The lowest BCUT2D eigenvalue weighted by Gasteiger charge is -2.19. The average Bonchev–Trinajstić information content (AvgIpc) is 2.62. The molecule has 0 radical (unpaired) electrons. The van der Waals surface area contributed by atoms with E-state index >= 15 is 0 Å². The number of carbonyl (C=O) groups is 2. The molecule has 3 rings (SSSR count). The Morgan fingerprint density at radius 1 is 1.15 bits per heavy atom. The molecular weight excluding hydrogens is 368 g/mol. The molecule has 1 heterocycles. The Bertz CT molecular complexity index is 891. The number of aromatic nitrogens is 1. The van der Waals surface area contributed by atoms with E-state index in [9.17, 15) is 9.59 Å². The first kappa shape index (κ1) is 20.2. The molecule has 1 aliphatic carbocycles. The summed E-state index contributed by atoms with van der Waals surface area (Å²) in [6, 6.07) is 8.10. The molecule has 0 spiro atoms. The van der Waals surface area contributed by atoms with E-state index in [1.165, 1.54) is 16.8 Å². The van der Waals surface area contributed by atoms with Gasteiger partial charge in [0.15, 0.2) is 0 Å². The van der Waals surface area contributed by atoms with E-state index in [1.54, 1.807) is 0 Å². The van der Waals surface area contributed by atoms with Crippen LogP contribution in [-0.4, -0.2) is 27.1 Å². The van der Waals surface area contributed by atoms with Gasteiger partial charge in [0.1, 0.15) is 0 Å². The van der Waals surface area contributed by atoms with Crippen LogP contribution in [0.2, 0.25) is 5.02 Å². The maximum atomic E-state index is 9.55. The number of aliphatic carboxylic acids is 2. The zero-order chi connectivity index (χ0) is 19.8. The van der Waals surface area contributed by atoms with Crippen LogP contribution in [0.25, 0.3) is 6.08 Å². The summed E-state index contributed by atoms with van der Waals surface area (Å²) in [5.74, 6) is -2.51. The van der Waals surface area contributed by atoms with E-state index in [-0.39, 0.29) is 0 Å². The number of pyridine rings is 1. The second kappa shape index (κ2) is 9.54. The highest BCUT2D eigenvalue weighted by atomic mass is 35.5. The maximum absolute atomic E-state index is 9.55. The van der Waals surface area contributed by atoms with Crippen LogP contribution in [-0.2, 0) is 16.0 Å². The van der Waals surface area contributed by atoms with E-state index < -0.39 is 11.9 Å². The number of hydrogen-bond donors (Lipinski definition) is 3. The van der Waals surface area contributed by atoms with Crippen molar-refractivity contribution in [1.29, 1.82) is 0 Å². The molecule has 0 saturated carbocycles. The van der Waals surface area contributed by atoms with E-state index in [0.29, 0.717) is 12.2 Å². The Balaban J connectivity index is 0.000000279. The summed E-state index contributed by atoms with van der Waals surface area (Å²) in [6.45, 7) is 2.06. The van der Waals surface area contributed by atoms with Crippen LogP contribution in [0, 0.1) is 6.92 Å². The standard InChI is InChI=1S/C16H15ClN2.C4H4O4/c1-11-10-18-7-6-16(11)19-15-5-3-12-2-4-14(17)8-13(12)9-15;5-3(6)1-2-4(7)8/h2,4,6-10H,3,5H2,1H3,(H,18,19);1-2H,(H,5,6)(H,7,8)/b;2-1+. The predicted molar refractivity (Wildman–Crippen MR) is 105 cm³/mol. The number of rotatable bonds is 4. The number of carboxylic acids is 2. The molecule has 0 unspecified atom stereocenters. The maximum Gasteiger partial charge on any atom is 0.328 e. The zero-order valence-corrected chi connectivity index (χ0v) is 15.4. The quantitative estimate of drug-likeness (QED) is 0.682. The summed E-state index contributed by atoms with van der Waals surface area (Å²) >= 11 is 6.05. The van der Waals surface area contributed by atoms with Crippen molar-refractivity contribution in [2.24, 2.45) is 0 Å². The molecule has 0 saturated heterocycles. The van der Waals surface area contributed by atoms with E-state index in [0.717, 1.165) is 29.1 Å². The molecular formula is C20H19ClN2O4. The van der Waals surface area contributed by atoms with E-state index in [2.05, 4.69) is 29.4 Å². The number of aryl methyl sites for hydroxylation is 2. The number of hydrogen-bond acceptors (Lipinski definition) is 4. The topological polar surface area (TPSA) is 99.5 Å². The van der Waals surface area contributed by atoms with Crippen LogP contribution in [0.4, 0.5) is 5.69 Å². The summed E-state index contributed by atoms with van der Waals surface area (Å²) in [4.78, 5) is 23.2. The van der Waals surface area contributed by atoms with Crippen LogP contribution in [0.5, 0.6) is 0 Å². The molecule has 2 aromatic rings. The van der Waals surface area contributed by atoms with Gasteiger partial charge in [0.25, 0.3) is 0 Å². The van der Waals surface area contributed by atoms with Gasteiger partial charge in [-0.2, -0.15) is 0 Å². The molecule has 7 heteroatoms. The van der Waals surface area contributed by atoms with E-state index in [4.69, 9.17) is 21.8 Å². The van der Waals surface area contributed by atoms with Gasteiger partial charge < -0.3 is 15.5 Å². The van der Waals surface area contributed by atoms with Gasteiger partial charge in [0.2, 0.25) is 0 Å². The Labute approximate surface area is 161 Å². The van der Waals surface area contributed by atoms with Gasteiger partial charge in [0, 0.05) is 41.0 Å². The Hall–Kier alpha value is -3.12. The normalized spacial score (nSPS) is 12.4. The third kappa shape index (κ3) is 6.60. The lowest BCUT2D eigenvalue weighted by atomic mass is 9.95. The Morgan fingerprint density at radius 3 is 2.48 bits per heavy atom. The monoisotopic (exact) mass is 386 g/mol. The van der Waals surface area contributed by atoms with Gasteiger partial charge >= 0.3 is 11.9 Å². The summed E-state index contributed by atoms with van der Waals surface area (Å²) in [5, 5.41) is 19.9. The number of allylic oxidation sites excluding steroid dienone is 1. The minimum Gasteiger partial charge on any atom is -0.478 e. The third-order valence-electron chi connectivity index (χ3n) is 3.79. The van der Waals surface area contributed by atoms with Gasteiger partial charge in [-0.25, -0.2) is 9.59 Å². The highest BCUT2D eigenvalue weighted by Crippen LogP contribution is 2.27. The smallest absolute Gasteiger partial charge is 0.328 e. The lowest BCUT2D eigenvalue weighted by Crippen LogP contribution is -2.07. The highest BCUT2D eigenvalue weighted by Gasteiger charge is 2.11. The van der Waals surface area contributed by atoms with Crippen molar-refractivity contribution in [3.8, 4) is 0 Å². The second-order valence-electron chi connectivity index (χ2n) is 5.84. The molecule has 1 aromatic heterocycles. The first-order valence-corrected chi connectivity index (χ1v) is 8.53. The fraction of sp³-hybridized carbons (Fsp3) is 0.150. The minimum atomic E-state index is -1.26. The summed E-state index contributed by atoms with van der Waals surface area (Å²) < 4.78 is 0. The third-order valence-corrected chi connectivity index (χ3v) is 4.02. The second-order valence-corrected chi connectivity index (χ2v) is 6.27. The van der Waals surface area contributed by atoms with Crippen molar-refractivity contribution < 1.29 is 19.8 Å². The van der Waals surface area contributed by atoms with Gasteiger partial charge in [-0.05, 0) is 60.7 Å². The van der Waals surface area contributed by atoms with Crippen molar-refractivity contribution in [3.63, 3.8) is 0 Å². The van der Waals surface area contributed by atoms with Crippen molar-refractivity contribution in [2.45, 2.75) is 19.8 Å². The van der Waals surface area contributed by atoms with Crippen molar-refractivity contribution >= 4 is 35.3 Å². The molecule has 0 fully saturated rings. The summed E-state index contributed by atoms with van der Waals surface area (Å²) in [5.41, 5.74) is 6.07. The number of carboxylic acid groups (broad SMARTS) is 2. The average molecular weight is 387 g/mol. The molecule has 1 aromatic carbocycles. The number of halogens is 1. The van der Waals surface area contributed by atoms with Gasteiger partial charge in [-0.1, -0.05) is 17.7 Å². The van der Waals surface area contributed by atoms with Crippen molar-refractivity contribution in [2.75, 3.05) is 5.32 Å². The number of benzene rings is 1. The van der Waals surface area contributed by atoms with Crippen LogP contribution < -0.4 is 5.32 Å². The fourth-order valence-corrected chi connectivity index (χ4v) is 2.67. The largest absolute Gasteiger partial charge is 0.478 e. The van der Waals surface area contributed by atoms with Gasteiger partial charge in [-0.3, -0.25) is 4.98 Å². The zero-order valence-electron chi connectivity index (χ0n) is 14.6. The first-order chi connectivity index (χ1) is 12.8. The molecule has 0 atom stereocenters. The first-order valence-electron chi connectivity index (χ1n) is 8.15. The SMILES string of the molecule is Cc1cnccc1NC1=Cc2cc(Cl)ccc2CC1.O=C(O)/C=C/C(=O)O. The molecule has 3 N–H and O–H groups in total. The molecule has 0 bridgehead atoms. The molecule has 0 amide bonds. The lowest BCUT2D eigenvalue weighted by molar-refractivity contribution is -0.134. The Morgan fingerprint density at radius 2 is 1.85 bits per heavy atom. The predicted octanol–water partition coefficient (Wildman–Crippen LogP) is 4.15. The molecule has 0 aliphatic heterocycles. The molecule has 140 valence electrons. The summed E-state index contributed by atoms with van der Waals surface area (Å²) in [7, 11) is 0. The van der Waals surface area contributed by atoms with Crippen LogP contribution in [0.1, 0.15) is 23.1 Å². The van der Waals surface area contributed by atoms with Gasteiger partial charge in [-0.15, -0.1) is 0 Å². The molecule has 6 nitrogen and oxygen atoms in total. The van der Waals surface area contributed by atoms with Crippen molar-refractivity contribution in [1.82, 2.24) is 4.98 Å². The van der Waals surface area contributed by atoms with Crippen LogP contribution >= 0.6 is 11.6 Å². The number of fused-ring (bicyclic) bond motifs is 1. The summed E-state index contributed by atoms with van der Waals surface area (Å²) in [6.07, 6.45) is 9.06. The minimum absolute atomic E-state index is 0.558.